The number of aromatic nitrogens is 2. The van der Waals surface area contributed by atoms with E-state index >= 15 is 0 Å². The van der Waals surface area contributed by atoms with Gasteiger partial charge >= 0.3 is 6.03 Å². The van der Waals surface area contributed by atoms with Crippen LogP contribution in [-0.4, -0.2) is 61.6 Å². The molecule has 0 saturated carbocycles. The molecule has 1 fully saturated rings. The average molecular weight is 610 g/mol. The van der Waals surface area contributed by atoms with Crippen molar-refractivity contribution in [3.8, 4) is 17.2 Å². The quantitative estimate of drug-likeness (QED) is 0.262. The number of benzene rings is 3. The second-order valence-corrected chi connectivity index (χ2v) is 11.5. The Morgan fingerprint density at radius 3 is 2.33 bits per heavy atom. The first-order valence-corrected chi connectivity index (χ1v) is 15.2. The molecule has 0 atom stereocenters. The maximum absolute atomic E-state index is 14.5. The number of methoxy groups -OCH3 is 3. The third kappa shape index (κ3) is 5.85. The van der Waals surface area contributed by atoms with Gasteiger partial charge in [0, 0.05) is 54.7 Å². The summed E-state index contributed by atoms with van der Waals surface area (Å²) < 4.78 is 17.0. The summed E-state index contributed by atoms with van der Waals surface area (Å²) in [4.78, 5) is 29.9. The maximum Gasteiger partial charge on any atom is 0.335 e. The fraction of sp³-hybridized carbons (Fsp3) is 0.343. The van der Waals surface area contributed by atoms with Crippen molar-refractivity contribution in [3.05, 3.63) is 88.9 Å². The van der Waals surface area contributed by atoms with E-state index in [1.165, 1.54) is 0 Å². The summed E-state index contributed by atoms with van der Waals surface area (Å²) in [5.41, 5.74) is 6.23. The molecule has 0 aliphatic carbocycles. The molecule has 3 heterocycles. The molecule has 2 aliphatic rings. The van der Waals surface area contributed by atoms with Crippen LogP contribution in [0.1, 0.15) is 40.9 Å². The van der Waals surface area contributed by atoms with E-state index in [1.54, 1.807) is 43.3 Å². The van der Waals surface area contributed by atoms with Gasteiger partial charge in [0.15, 0.2) is 0 Å². The van der Waals surface area contributed by atoms with E-state index in [9.17, 15) is 9.90 Å². The lowest BCUT2D eigenvalue weighted by atomic mass is 10.0. The number of fused-ring (bicyclic) bond motifs is 1. The highest BCUT2D eigenvalue weighted by molar-refractivity contribution is 6.11. The van der Waals surface area contributed by atoms with E-state index in [-0.39, 0.29) is 12.1 Å². The molecule has 4 aromatic rings. The lowest BCUT2D eigenvalue weighted by Gasteiger charge is -2.37. The van der Waals surface area contributed by atoms with Crippen LogP contribution in [0.25, 0.3) is 0 Å². The van der Waals surface area contributed by atoms with Crippen LogP contribution in [0.15, 0.2) is 60.8 Å². The van der Waals surface area contributed by atoms with Gasteiger partial charge in [0.05, 0.1) is 45.4 Å². The molecule has 1 aromatic heterocycles. The number of hydrogen-bond acceptors (Lipinski definition) is 8. The second kappa shape index (κ2) is 12.6. The number of nitrogens with zero attached hydrogens (tertiary/aromatic N) is 5. The first kappa shape index (κ1) is 30.2. The molecule has 0 radical (unpaired) electrons. The molecule has 10 nitrogen and oxygen atoms in total. The van der Waals surface area contributed by atoms with Crippen LogP contribution in [0.3, 0.4) is 0 Å². The number of ether oxygens (including phenoxy) is 3. The summed E-state index contributed by atoms with van der Waals surface area (Å²) in [6.07, 6.45) is 3.50. The lowest BCUT2D eigenvalue weighted by Crippen LogP contribution is -2.46. The fourth-order valence-corrected chi connectivity index (χ4v) is 6.24. The van der Waals surface area contributed by atoms with E-state index in [2.05, 4.69) is 11.0 Å². The summed E-state index contributed by atoms with van der Waals surface area (Å²) in [5.74, 6) is 2.92. The number of aliphatic hydroxyl groups is 1. The van der Waals surface area contributed by atoms with Crippen LogP contribution >= 0.6 is 0 Å². The Balaban J connectivity index is 1.40. The summed E-state index contributed by atoms with van der Waals surface area (Å²) in [5, 5.41) is 9.92. The third-order valence-electron chi connectivity index (χ3n) is 8.64. The van der Waals surface area contributed by atoms with Gasteiger partial charge in [-0.3, -0.25) is 4.90 Å². The van der Waals surface area contributed by atoms with E-state index in [1.807, 2.05) is 56.4 Å². The summed E-state index contributed by atoms with van der Waals surface area (Å²) in [6.45, 7) is 5.95. The van der Waals surface area contributed by atoms with Crippen molar-refractivity contribution in [2.24, 2.45) is 0 Å². The van der Waals surface area contributed by atoms with E-state index in [0.717, 1.165) is 65.3 Å². The van der Waals surface area contributed by atoms with Crippen molar-refractivity contribution in [1.29, 1.82) is 0 Å². The zero-order valence-electron chi connectivity index (χ0n) is 26.4. The van der Waals surface area contributed by atoms with Crippen LogP contribution in [0.5, 0.6) is 17.2 Å². The Hall–Kier alpha value is -4.83. The molecule has 0 spiro atoms. The Morgan fingerprint density at radius 1 is 0.911 bits per heavy atom. The van der Waals surface area contributed by atoms with Gasteiger partial charge in [-0.05, 0) is 56.0 Å². The molecule has 0 bridgehead atoms. The van der Waals surface area contributed by atoms with Crippen LogP contribution < -0.4 is 28.9 Å². The van der Waals surface area contributed by atoms with Crippen molar-refractivity contribution in [3.63, 3.8) is 0 Å². The summed E-state index contributed by atoms with van der Waals surface area (Å²) in [6, 6.07) is 17.3. The van der Waals surface area contributed by atoms with Crippen LogP contribution in [0, 0.1) is 13.8 Å². The minimum atomic E-state index is -0.235. The molecule has 10 heteroatoms. The molecule has 2 aliphatic heterocycles. The highest BCUT2D eigenvalue weighted by Crippen LogP contribution is 2.42. The van der Waals surface area contributed by atoms with Crippen LogP contribution in [-0.2, 0) is 13.0 Å². The predicted molar refractivity (Wildman–Crippen MR) is 174 cm³/mol. The Morgan fingerprint density at radius 2 is 1.64 bits per heavy atom. The first-order valence-electron chi connectivity index (χ1n) is 15.2. The molecular weight excluding hydrogens is 570 g/mol. The maximum atomic E-state index is 14.5. The molecule has 0 unspecified atom stereocenters. The number of piperidine rings is 1. The number of hydrogen-bond donors (Lipinski definition) is 1. The molecular formula is C35H39N5O5. The Bertz CT molecular complexity index is 1700. The van der Waals surface area contributed by atoms with Gasteiger partial charge in [-0.2, -0.15) is 0 Å². The number of carbonyl (C=O) groups is 1. The first-order chi connectivity index (χ1) is 21.8. The van der Waals surface area contributed by atoms with Crippen LogP contribution in [0.4, 0.5) is 27.7 Å². The zero-order valence-corrected chi connectivity index (χ0v) is 26.4. The number of amides is 2. The number of para-hydroxylation sites is 1. The fourth-order valence-electron chi connectivity index (χ4n) is 6.24. The Labute approximate surface area is 263 Å². The van der Waals surface area contributed by atoms with Crippen molar-refractivity contribution in [2.45, 2.75) is 45.8 Å². The zero-order chi connectivity index (χ0) is 31.7. The number of urea groups is 1. The van der Waals surface area contributed by atoms with Crippen molar-refractivity contribution >= 4 is 28.9 Å². The minimum absolute atomic E-state index is 0.235. The average Bonchev–Trinajstić information content (AvgIpc) is 3.05. The van der Waals surface area contributed by atoms with Crippen molar-refractivity contribution in [1.82, 2.24) is 9.97 Å². The Kier molecular flexibility index (Phi) is 8.49. The van der Waals surface area contributed by atoms with Crippen LogP contribution in [0.2, 0.25) is 0 Å². The summed E-state index contributed by atoms with van der Waals surface area (Å²) >= 11 is 0. The van der Waals surface area contributed by atoms with Gasteiger partial charge < -0.3 is 24.2 Å². The number of aliphatic hydroxyl groups excluding tert-OH is 1. The summed E-state index contributed by atoms with van der Waals surface area (Å²) in [7, 11) is 4.83. The number of rotatable bonds is 8. The second-order valence-electron chi connectivity index (χ2n) is 11.5. The molecule has 234 valence electrons. The van der Waals surface area contributed by atoms with Crippen molar-refractivity contribution < 1.29 is 24.1 Å². The largest absolute Gasteiger partial charge is 0.497 e. The highest BCUT2D eigenvalue weighted by Gasteiger charge is 2.37. The molecule has 6 rings (SSSR count). The predicted octanol–water partition coefficient (Wildman–Crippen LogP) is 5.95. The van der Waals surface area contributed by atoms with Gasteiger partial charge in [-0.25, -0.2) is 19.7 Å². The lowest BCUT2D eigenvalue weighted by molar-refractivity contribution is 0.145. The normalized spacial score (nSPS) is 15.2. The van der Waals surface area contributed by atoms with Gasteiger partial charge in [-0.1, -0.05) is 24.3 Å². The van der Waals surface area contributed by atoms with Gasteiger partial charge in [0.1, 0.15) is 28.9 Å². The topological polar surface area (TPSA) is 100 Å². The van der Waals surface area contributed by atoms with Gasteiger partial charge in [-0.15, -0.1) is 0 Å². The molecule has 2 amide bonds. The van der Waals surface area contributed by atoms with Gasteiger partial charge in [0.2, 0.25) is 0 Å². The number of carbonyl (C=O) groups excluding carboxylic acids is 1. The highest BCUT2D eigenvalue weighted by atomic mass is 16.5. The van der Waals surface area contributed by atoms with Crippen molar-refractivity contribution in [2.75, 3.05) is 49.1 Å². The van der Waals surface area contributed by atoms with E-state index in [0.29, 0.717) is 41.8 Å². The minimum Gasteiger partial charge on any atom is -0.497 e. The molecule has 45 heavy (non-hydrogen) atoms. The smallest absolute Gasteiger partial charge is 0.335 e. The SMILES string of the molecule is COc1ccc(N2C(=O)N(c3c(C)cccc3C)Cc3cnc(Cc4ccc(N5CCC(O)CC5)cc4OC)nc32)c(OC)c1. The number of aryl methyl sites for hydroxylation is 2. The van der Waals surface area contributed by atoms with E-state index < -0.39 is 0 Å². The third-order valence-corrected chi connectivity index (χ3v) is 8.64. The standard InChI is InChI=1S/C35H39N5O5/c1-22-7-6-8-23(2)33(22)39-21-25-20-36-32(17-24-9-10-26(18-30(24)44-4)38-15-13-27(41)14-16-38)37-34(25)40(35(39)42)29-12-11-28(43-3)19-31(29)45-5/h6-12,18-20,27,41H,13-17,21H2,1-5H3. The molecule has 1 saturated heterocycles. The van der Waals surface area contributed by atoms with Gasteiger partial charge in [0.25, 0.3) is 0 Å². The number of anilines is 4. The van der Waals surface area contributed by atoms with E-state index in [4.69, 9.17) is 24.2 Å². The molecule has 3 aromatic carbocycles. The monoisotopic (exact) mass is 609 g/mol. The molecule has 1 N–H and O–H groups in total.